The Morgan fingerprint density at radius 2 is 1.80 bits per heavy atom. The van der Waals surface area contributed by atoms with Crippen LogP contribution in [-0.2, 0) is 16.0 Å². The van der Waals surface area contributed by atoms with Crippen molar-refractivity contribution in [3.63, 3.8) is 0 Å². The lowest BCUT2D eigenvalue weighted by Crippen LogP contribution is -2.23. The van der Waals surface area contributed by atoms with Crippen molar-refractivity contribution in [3.05, 3.63) is 59.7 Å². The SMILES string of the molecule is CC(=O)c1ccccc1NC(=O)Cc1ccc(N2CCCC2=O)cc1. The molecule has 0 unspecified atom stereocenters. The normalized spacial score (nSPS) is 13.8. The third-order valence-corrected chi connectivity index (χ3v) is 4.27. The monoisotopic (exact) mass is 336 g/mol. The number of benzene rings is 2. The van der Waals surface area contributed by atoms with Crippen LogP contribution in [0, 0.1) is 0 Å². The highest BCUT2D eigenvalue weighted by Gasteiger charge is 2.21. The van der Waals surface area contributed by atoms with Crippen LogP contribution in [0.25, 0.3) is 0 Å². The molecule has 0 saturated carbocycles. The zero-order valence-corrected chi connectivity index (χ0v) is 14.1. The smallest absolute Gasteiger partial charge is 0.228 e. The molecule has 0 atom stereocenters. The number of anilines is 2. The lowest BCUT2D eigenvalue weighted by molar-refractivity contribution is -0.117. The Kier molecular flexibility index (Phi) is 4.93. The average molecular weight is 336 g/mol. The Balaban J connectivity index is 1.65. The molecule has 25 heavy (non-hydrogen) atoms. The molecule has 3 rings (SSSR count). The Morgan fingerprint density at radius 1 is 1.08 bits per heavy atom. The van der Waals surface area contributed by atoms with Crippen molar-refractivity contribution < 1.29 is 14.4 Å². The molecular formula is C20H20N2O3. The van der Waals surface area contributed by atoms with E-state index in [-0.39, 0.29) is 24.0 Å². The highest BCUT2D eigenvalue weighted by molar-refractivity contribution is 6.04. The molecule has 1 heterocycles. The molecule has 128 valence electrons. The lowest BCUT2D eigenvalue weighted by atomic mass is 10.1. The number of ketones is 1. The van der Waals surface area contributed by atoms with Gasteiger partial charge in [-0.05, 0) is 43.2 Å². The first-order valence-corrected chi connectivity index (χ1v) is 8.34. The Morgan fingerprint density at radius 3 is 2.44 bits per heavy atom. The van der Waals surface area contributed by atoms with Gasteiger partial charge in [0.2, 0.25) is 11.8 Å². The highest BCUT2D eigenvalue weighted by atomic mass is 16.2. The number of carbonyl (C=O) groups is 3. The predicted octanol–water partition coefficient (Wildman–Crippen LogP) is 3.20. The van der Waals surface area contributed by atoms with E-state index in [0.717, 1.165) is 24.2 Å². The third-order valence-electron chi connectivity index (χ3n) is 4.27. The predicted molar refractivity (Wildman–Crippen MR) is 96.8 cm³/mol. The molecule has 2 aromatic rings. The van der Waals surface area contributed by atoms with Gasteiger partial charge in [-0.2, -0.15) is 0 Å². The van der Waals surface area contributed by atoms with E-state index in [0.29, 0.717) is 17.7 Å². The van der Waals surface area contributed by atoms with E-state index < -0.39 is 0 Å². The second-order valence-corrected chi connectivity index (χ2v) is 6.14. The molecule has 0 radical (unpaired) electrons. The molecule has 2 aromatic carbocycles. The number of nitrogens with zero attached hydrogens (tertiary/aromatic N) is 1. The van der Waals surface area contributed by atoms with Crippen LogP contribution in [0.5, 0.6) is 0 Å². The van der Waals surface area contributed by atoms with Crippen LogP contribution in [0.2, 0.25) is 0 Å². The summed E-state index contributed by atoms with van der Waals surface area (Å²) in [6, 6.07) is 14.4. The molecule has 1 N–H and O–H groups in total. The maximum absolute atomic E-state index is 12.3. The molecule has 0 aliphatic carbocycles. The van der Waals surface area contributed by atoms with Crippen LogP contribution >= 0.6 is 0 Å². The van der Waals surface area contributed by atoms with Gasteiger partial charge in [-0.25, -0.2) is 0 Å². The lowest BCUT2D eigenvalue weighted by Gasteiger charge is -2.16. The van der Waals surface area contributed by atoms with Gasteiger partial charge >= 0.3 is 0 Å². The molecule has 1 aliphatic heterocycles. The van der Waals surface area contributed by atoms with Crippen LogP contribution in [0.4, 0.5) is 11.4 Å². The summed E-state index contributed by atoms with van der Waals surface area (Å²) in [5.41, 5.74) is 2.75. The summed E-state index contributed by atoms with van der Waals surface area (Å²) in [4.78, 5) is 37.4. The van der Waals surface area contributed by atoms with Crippen LogP contribution < -0.4 is 10.2 Å². The van der Waals surface area contributed by atoms with Crippen molar-refractivity contribution in [3.8, 4) is 0 Å². The molecule has 2 amide bonds. The van der Waals surface area contributed by atoms with Gasteiger partial charge in [0.05, 0.1) is 12.1 Å². The maximum Gasteiger partial charge on any atom is 0.228 e. The van der Waals surface area contributed by atoms with Gasteiger partial charge in [-0.1, -0.05) is 24.3 Å². The van der Waals surface area contributed by atoms with E-state index in [9.17, 15) is 14.4 Å². The van der Waals surface area contributed by atoms with Crippen molar-refractivity contribution in [1.29, 1.82) is 0 Å². The zero-order valence-electron chi connectivity index (χ0n) is 14.1. The minimum atomic E-state index is -0.182. The summed E-state index contributed by atoms with van der Waals surface area (Å²) in [6.07, 6.45) is 1.69. The molecule has 0 spiro atoms. The van der Waals surface area contributed by atoms with Crippen molar-refractivity contribution in [1.82, 2.24) is 0 Å². The van der Waals surface area contributed by atoms with Gasteiger partial charge in [-0.15, -0.1) is 0 Å². The van der Waals surface area contributed by atoms with Crippen LogP contribution in [0.1, 0.15) is 35.7 Å². The Hall–Kier alpha value is -2.95. The van der Waals surface area contributed by atoms with E-state index in [4.69, 9.17) is 0 Å². The molecule has 1 aliphatic rings. The van der Waals surface area contributed by atoms with Crippen LogP contribution in [0.15, 0.2) is 48.5 Å². The number of amides is 2. The van der Waals surface area contributed by atoms with Gasteiger partial charge in [0.1, 0.15) is 0 Å². The summed E-state index contributed by atoms with van der Waals surface area (Å²) in [5.74, 6) is -0.124. The molecule has 5 nitrogen and oxygen atoms in total. The second-order valence-electron chi connectivity index (χ2n) is 6.14. The van der Waals surface area contributed by atoms with E-state index >= 15 is 0 Å². The summed E-state index contributed by atoms with van der Waals surface area (Å²) in [5, 5.41) is 2.79. The first kappa shape index (κ1) is 16.9. The minimum absolute atomic E-state index is 0.0875. The van der Waals surface area contributed by atoms with Crippen LogP contribution in [-0.4, -0.2) is 24.1 Å². The van der Waals surface area contributed by atoms with Gasteiger partial charge in [0.15, 0.2) is 5.78 Å². The Bertz CT molecular complexity index is 812. The summed E-state index contributed by atoms with van der Waals surface area (Å²) >= 11 is 0. The number of rotatable bonds is 5. The number of para-hydroxylation sites is 1. The maximum atomic E-state index is 12.3. The fourth-order valence-electron chi connectivity index (χ4n) is 2.99. The summed E-state index contributed by atoms with van der Waals surface area (Å²) < 4.78 is 0. The number of nitrogens with one attached hydrogen (secondary N) is 1. The minimum Gasteiger partial charge on any atom is -0.325 e. The first-order chi connectivity index (χ1) is 12.0. The van der Waals surface area contributed by atoms with E-state index in [2.05, 4.69) is 5.32 Å². The van der Waals surface area contributed by atoms with E-state index in [1.165, 1.54) is 6.92 Å². The Labute approximate surface area is 146 Å². The first-order valence-electron chi connectivity index (χ1n) is 8.34. The number of hydrogen-bond donors (Lipinski definition) is 1. The van der Waals surface area contributed by atoms with Crippen molar-refractivity contribution in [2.45, 2.75) is 26.2 Å². The number of carbonyl (C=O) groups excluding carboxylic acids is 3. The highest BCUT2D eigenvalue weighted by Crippen LogP contribution is 2.22. The van der Waals surface area contributed by atoms with Crippen LogP contribution in [0.3, 0.4) is 0 Å². The average Bonchev–Trinajstić information content (AvgIpc) is 3.02. The van der Waals surface area contributed by atoms with E-state index in [1.807, 2.05) is 24.3 Å². The summed E-state index contributed by atoms with van der Waals surface area (Å²) in [7, 11) is 0. The van der Waals surface area contributed by atoms with Crippen molar-refractivity contribution in [2.24, 2.45) is 0 Å². The molecule has 0 bridgehead atoms. The fraction of sp³-hybridized carbons (Fsp3) is 0.250. The standard InChI is InChI=1S/C20H20N2O3/c1-14(23)17-5-2-3-6-18(17)21-19(24)13-15-8-10-16(11-9-15)22-12-4-7-20(22)25/h2-3,5-6,8-11H,4,7,12-13H2,1H3,(H,21,24). The van der Waals surface area contributed by atoms with Gasteiger partial charge in [-0.3, -0.25) is 14.4 Å². The topological polar surface area (TPSA) is 66.5 Å². The quantitative estimate of drug-likeness (QED) is 0.853. The fourth-order valence-corrected chi connectivity index (χ4v) is 2.99. The zero-order chi connectivity index (χ0) is 17.8. The molecule has 0 aromatic heterocycles. The molecular weight excluding hydrogens is 316 g/mol. The molecule has 5 heteroatoms. The van der Waals surface area contributed by atoms with Crippen molar-refractivity contribution >= 4 is 29.0 Å². The number of hydrogen-bond acceptors (Lipinski definition) is 3. The van der Waals surface area contributed by atoms with Gasteiger partial charge < -0.3 is 10.2 Å². The second kappa shape index (κ2) is 7.30. The van der Waals surface area contributed by atoms with Gasteiger partial charge in [0.25, 0.3) is 0 Å². The summed E-state index contributed by atoms with van der Waals surface area (Å²) in [6.45, 7) is 2.23. The van der Waals surface area contributed by atoms with E-state index in [1.54, 1.807) is 29.2 Å². The number of Topliss-reactive ketones (excluding diaryl/α,β-unsaturated/α-hetero) is 1. The molecule has 1 fully saturated rings. The third kappa shape index (κ3) is 3.94. The molecule has 1 saturated heterocycles. The van der Waals surface area contributed by atoms with Gasteiger partial charge in [0, 0.05) is 24.2 Å². The largest absolute Gasteiger partial charge is 0.325 e. The van der Waals surface area contributed by atoms with Crippen molar-refractivity contribution in [2.75, 3.05) is 16.8 Å².